The fourth-order valence-corrected chi connectivity index (χ4v) is 2.87. The smallest absolute Gasteiger partial charge is 0.410 e. The van der Waals surface area contributed by atoms with E-state index in [1.807, 2.05) is 34.6 Å². The highest BCUT2D eigenvalue weighted by atomic mass is 16.6. The van der Waals surface area contributed by atoms with E-state index in [0.717, 1.165) is 12.8 Å². The first-order chi connectivity index (χ1) is 12.6. The Labute approximate surface area is 167 Å². The number of ether oxygens (including phenoxy) is 2. The summed E-state index contributed by atoms with van der Waals surface area (Å²) >= 11 is 0. The van der Waals surface area contributed by atoms with Crippen molar-refractivity contribution in [3.8, 4) is 0 Å². The van der Waals surface area contributed by atoms with Crippen molar-refractivity contribution in [3.05, 3.63) is 0 Å². The van der Waals surface area contributed by atoms with Gasteiger partial charge in [0.15, 0.2) is 0 Å². The summed E-state index contributed by atoms with van der Waals surface area (Å²) in [7, 11) is 1.60. The zero-order valence-electron chi connectivity index (χ0n) is 18.8. The predicted molar refractivity (Wildman–Crippen MR) is 111 cm³/mol. The summed E-state index contributed by atoms with van der Waals surface area (Å²) in [5, 5.41) is 0. The molecule has 27 heavy (non-hydrogen) atoms. The van der Waals surface area contributed by atoms with Crippen LogP contribution < -0.4 is 0 Å². The van der Waals surface area contributed by atoms with Gasteiger partial charge in [0, 0.05) is 7.05 Å². The molecule has 1 atom stereocenters. The summed E-state index contributed by atoms with van der Waals surface area (Å²) in [6.07, 6.45) is 9.12. The van der Waals surface area contributed by atoms with E-state index >= 15 is 0 Å². The van der Waals surface area contributed by atoms with Gasteiger partial charge in [0.05, 0.1) is 13.2 Å². The van der Waals surface area contributed by atoms with Gasteiger partial charge in [-0.25, -0.2) is 9.59 Å². The van der Waals surface area contributed by atoms with Crippen molar-refractivity contribution < 1.29 is 19.1 Å². The normalized spacial score (nSPS) is 12.7. The molecule has 0 rings (SSSR count). The zero-order valence-corrected chi connectivity index (χ0v) is 18.8. The van der Waals surface area contributed by atoms with Gasteiger partial charge >= 0.3 is 12.1 Å². The van der Waals surface area contributed by atoms with Crippen LogP contribution in [0.2, 0.25) is 0 Å². The minimum Gasteiger partial charge on any atom is -0.464 e. The highest BCUT2D eigenvalue weighted by Gasteiger charge is 2.32. The topological polar surface area (TPSA) is 55.8 Å². The van der Waals surface area contributed by atoms with E-state index in [9.17, 15) is 9.59 Å². The molecule has 5 heteroatoms. The van der Waals surface area contributed by atoms with E-state index in [2.05, 4.69) is 6.92 Å². The number of hydrogen-bond donors (Lipinski definition) is 0. The molecule has 0 aromatic rings. The molecule has 0 aromatic heterocycles. The van der Waals surface area contributed by atoms with Crippen LogP contribution in [0, 0.1) is 11.3 Å². The third-order valence-corrected chi connectivity index (χ3v) is 4.45. The second-order valence-electron chi connectivity index (χ2n) is 9.06. The van der Waals surface area contributed by atoms with Crippen molar-refractivity contribution in [2.45, 2.75) is 99.0 Å². The van der Waals surface area contributed by atoms with E-state index in [1.54, 1.807) is 7.05 Å². The highest BCUT2D eigenvalue weighted by Crippen LogP contribution is 2.17. The quantitative estimate of drug-likeness (QED) is 0.296. The van der Waals surface area contributed by atoms with Crippen molar-refractivity contribution in [2.75, 3.05) is 20.3 Å². The molecule has 0 saturated carbocycles. The number of unbranched alkanes of at least 4 members (excludes halogenated alkanes) is 7. The summed E-state index contributed by atoms with van der Waals surface area (Å²) < 4.78 is 10.8. The molecule has 0 aliphatic rings. The molecule has 0 aliphatic heterocycles. The lowest BCUT2D eigenvalue weighted by Crippen LogP contribution is -2.47. The number of esters is 1. The number of nitrogens with zero attached hydrogens (tertiary/aromatic N) is 1. The van der Waals surface area contributed by atoms with Gasteiger partial charge in [-0.1, -0.05) is 86.5 Å². The lowest BCUT2D eigenvalue weighted by Gasteiger charge is -2.29. The zero-order chi connectivity index (χ0) is 20.9. The van der Waals surface area contributed by atoms with Crippen molar-refractivity contribution in [2.24, 2.45) is 11.3 Å². The maximum atomic E-state index is 12.5. The minimum absolute atomic E-state index is 0.0387. The molecule has 0 heterocycles. The Kier molecular flexibility index (Phi) is 13.2. The molecule has 5 nitrogen and oxygen atoms in total. The van der Waals surface area contributed by atoms with Gasteiger partial charge in [-0.15, -0.1) is 0 Å². The van der Waals surface area contributed by atoms with Gasteiger partial charge in [0.1, 0.15) is 6.04 Å². The first-order valence-corrected chi connectivity index (χ1v) is 10.7. The summed E-state index contributed by atoms with van der Waals surface area (Å²) in [5.41, 5.74) is -0.110. The Morgan fingerprint density at radius 2 is 1.41 bits per heavy atom. The number of likely N-dealkylation sites (N-methyl/N-ethyl adjacent to an activating group) is 1. The molecule has 0 fully saturated rings. The minimum atomic E-state index is -0.619. The number of carbonyl (C=O) groups is 2. The lowest BCUT2D eigenvalue weighted by molar-refractivity contribution is -0.150. The number of rotatable bonds is 13. The van der Waals surface area contributed by atoms with Crippen molar-refractivity contribution in [3.63, 3.8) is 0 Å². The van der Waals surface area contributed by atoms with E-state index in [1.165, 1.54) is 43.4 Å². The summed E-state index contributed by atoms with van der Waals surface area (Å²) in [5.74, 6) is -0.383. The molecule has 0 bridgehead atoms. The Balaban J connectivity index is 4.22. The Morgan fingerprint density at radius 3 is 1.89 bits per heavy atom. The molecule has 1 amide bonds. The first kappa shape index (κ1) is 25.7. The lowest BCUT2D eigenvalue weighted by atomic mass is 9.99. The number of carbonyl (C=O) groups excluding carboxylic acids is 2. The van der Waals surface area contributed by atoms with E-state index in [0.29, 0.717) is 13.2 Å². The van der Waals surface area contributed by atoms with Crippen LogP contribution in [0.3, 0.4) is 0 Å². The summed E-state index contributed by atoms with van der Waals surface area (Å²) in [6.45, 7) is 12.8. The monoisotopic (exact) mass is 385 g/mol. The van der Waals surface area contributed by atoms with Crippen LogP contribution in [0.1, 0.15) is 92.9 Å². The van der Waals surface area contributed by atoms with Crippen molar-refractivity contribution in [1.29, 1.82) is 0 Å². The third-order valence-electron chi connectivity index (χ3n) is 4.45. The SMILES string of the molecule is CCCCCCCCCCOC(=O)C(C(C)C)N(C)C(=O)OCC(C)(C)C. The largest absolute Gasteiger partial charge is 0.464 e. The van der Waals surface area contributed by atoms with Gasteiger partial charge in [-0.2, -0.15) is 0 Å². The van der Waals surface area contributed by atoms with E-state index in [4.69, 9.17) is 9.47 Å². The van der Waals surface area contributed by atoms with Crippen LogP contribution in [0.5, 0.6) is 0 Å². The molecule has 0 N–H and O–H groups in total. The molecule has 0 spiro atoms. The maximum Gasteiger partial charge on any atom is 0.410 e. The number of hydrogen-bond acceptors (Lipinski definition) is 4. The molecule has 1 unspecified atom stereocenters. The molecular weight excluding hydrogens is 342 g/mol. The van der Waals surface area contributed by atoms with Crippen LogP contribution in [0.4, 0.5) is 4.79 Å². The van der Waals surface area contributed by atoms with Crippen LogP contribution >= 0.6 is 0 Å². The second-order valence-corrected chi connectivity index (χ2v) is 9.06. The van der Waals surface area contributed by atoms with Gasteiger partial charge in [-0.3, -0.25) is 4.90 Å². The van der Waals surface area contributed by atoms with Crippen LogP contribution in [-0.4, -0.2) is 43.3 Å². The van der Waals surface area contributed by atoms with Crippen LogP contribution in [-0.2, 0) is 14.3 Å². The molecule has 0 aromatic carbocycles. The van der Waals surface area contributed by atoms with Gasteiger partial charge < -0.3 is 9.47 Å². The maximum absolute atomic E-state index is 12.5. The van der Waals surface area contributed by atoms with Gasteiger partial charge in [0.2, 0.25) is 0 Å². The average Bonchev–Trinajstić information content (AvgIpc) is 2.57. The molecule has 0 saturated heterocycles. The number of amides is 1. The molecular formula is C22H43NO4. The standard InChI is InChI=1S/C22H43NO4/c1-8-9-10-11-12-13-14-15-16-26-20(24)19(18(2)3)23(7)21(25)27-17-22(4,5)6/h18-19H,8-17H2,1-7H3. The Hall–Kier alpha value is -1.26. The first-order valence-electron chi connectivity index (χ1n) is 10.7. The van der Waals surface area contributed by atoms with Crippen LogP contribution in [0.15, 0.2) is 0 Å². The predicted octanol–water partition coefficient (Wildman–Crippen LogP) is 5.81. The summed E-state index contributed by atoms with van der Waals surface area (Å²) in [6, 6.07) is -0.619. The average molecular weight is 386 g/mol. The van der Waals surface area contributed by atoms with E-state index in [-0.39, 0.29) is 17.3 Å². The van der Waals surface area contributed by atoms with Gasteiger partial charge in [-0.05, 0) is 17.8 Å². The molecule has 0 radical (unpaired) electrons. The Bertz CT molecular complexity index is 415. The fourth-order valence-electron chi connectivity index (χ4n) is 2.87. The van der Waals surface area contributed by atoms with Gasteiger partial charge in [0.25, 0.3) is 0 Å². The van der Waals surface area contributed by atoms with E-state index < -0.39 is 12.1 Å². The molecule has 0 aliphatic carbocycles. The van der Waals surface area contributed by atoms with Crippen molar-refractivity contribution >= 4 is 12.1 Å². The van der Waals surface area contributed by atoms with Crippen LogP contribution in [0.25, 0.3) is 0 Å². The fraction of sp³-hybridized carbons (Fsp3) is 0.909. The third kappa shape index (κ3) is 12.7. The second kappa shape index (κ2) is 13.8. The summed E-state index contributed by atoms with van der Waals surface area (Å²) in [4.78, 5) is 26.1. The molecule has 160 valence electrons. The highest BCUT2D eigenvalue weighted by molar-refractivity contribution is 5.81. The Morgan fingerprint density at radius 1 is 0.889 bits per heavy atom. The van der Waals surface area contributed by atoms with Crippen molar-refractivity contribution in [1.82, 2.24) is 4.90 Å².